The first-order valence-electron chi connectivity index (χ1n) is 10.3. The van der Waals surface area contributed by atoms with Crippen LogP contribution in [0.15, 0.2) is 38.2 Å². The van der Waals surface area contributed by atoms with Crippen LogP contribution in [0, 0.1) is 0 Å². The summed E-state index contributed by atoms with van der Waals surface area (Å²) in [6.07, 6.45) is -8.79. The molecule has 210 valence electrons. The van der Waals surface area contributed by atoms with Gasteiger partial charge in [-0.05, 0) is 80.1 Å². The maximum Gasteiger partial charge on any atom is 0.573 e. The van der Waals surface area contributed by atoms with Crippen LogP contribution >= 0.6 is 31.9 Å². The molecule has 0 unspecified atom stereocenters. The number of hydrogen-bond donors (Lipinski definition) is 2. The molecule has 0 aromatic heterocycles. The zero-order chi connectivity index (χ0) is 29.4. The van der Waals surface area contributed by atoms with Gasteiger partial charge in [-0.15, -0.1) is 26.3 Å². The van der Waals surface area contributed by atoms with Gasteiger partial charge in [0, 0.05) is 5.56 Å². The fourth-order valence-electron chi connectivity index (χ4n) is 2.86. The number of carbonyl (C=O) groups is 2. The van der Waals surface area contributed by atoms with Crippen molar-refractivity contribution in [3.63, 3.8) is 0 Å². The molecule has 0 aliphatic heterocycles. The first-order chi connectivity index (χ1) is 17.4. The van der Waals surface area contributed by atoms with Gasteiger partial charge in [0.1, 0.15) is 11.5 Å². The van der Waals surface area contributed by atoms with Crippen molar-refractivity contribution in [3.05, 3.63) is 55.5 Å². The highest BCUT2D eigenvalue weighted by molar-refractivity contribution is 9.10. The second-order valence-corrected chi connectivity index (χ2v) is 8.72. The molecule has 16 heteroatoms. The van der Waals surface area contributed by atoms with Gasteiger partial charge in [-0.2, -0.15) is 4.99 Å². The normalized spacial score (nSPS) is 11.1. The van der Waals surface area contributed by atoms with E-state index in [4.69, 9.17) is 11.5 Å². The van der Waals surface area contributed by atoms with E-state index in [1.165, 1.54) is 12.1 Å². The van der Waals surface area contributed by atoms with Gasteiger partial charge in [-0.25, -0.2) is 4.79 Å². The van der Waals surface area contributed by atoms with E-state index in [2.05, 4.69) is 51.1 Å². The summed E-state index contributed by atoms with van der Waals surface area (Å²) in [7, 11) is 1.16. The van der Waals surface area contributed by atoms with Crippen LogP contribution in [-0.4, -0.2) is 37.7 Å². The molecule has 1 amide bonds. The zero-order valence-electron chi connectivity index (χ0n) is 19.9. The third-order valence-corrected chi connectivity index (χ3v) is 5.63. The maximum absolute atomic E-state index is 12.3. The molecule has 0 spiro atoms. The fourth-order valence-corrected chi connectivity index (χ4v) is 3.80. The van der Waals surface area contributed by atoms with Crippen molar-refractivity contribution in [2.75, 3.05) is 7.11 Å². The summed E-state index contributed by atoms with van der Waals surface area (Å²) < 4.78 is 85.6. The Hall–Kier alpha value is -3.01. The Morgan fingerprint density at radius 1 is 0.816 bits per heavy atom. The van der Waals surface area contributed by atoms with Gasteiger partial charge < -0.3 is 25.7 Å². The highest BCUT2D eigenvalue weighted by Gasteiger charge is 2.33. The number of benzene rings is 2. The standard InChI is InChI=1S/C11H11BrF3N3O2.C11H10BrF3O3/c1-2-5-3-7(12)8(20-11(13,14)15)4-6(5)9(19)18-10(16)17;1-3-6-4-8(12)9(18-11(13,14)15)5-7(6)10(16)17-2/h3-4H,2H2,1H3,(H4,16,17,18,19);4-5H,3H2,1-2H3. The average molecular weight is 681 g/mol. The molecule has 2 aromatic rings. The number of nitrogens with two attached hydrogens (primary N) is 2. The van der Waals surface area contributed by atoms with Gasteiger partial charge in [0.25, 0.3) is 5.91 Å². The molecule has 0 aliphatic carbocycles. The molecule has 2 rings (SSSR count). The van der Waals surface area contributed by atoms with Crippen LogP contribution < -0.4 is 20.9 Å². The lowest BCUT2D eigenvalue weighted by molar-refractivity contribution is -0.276. The van der Waals surface area contributed by atoms with E-state index in [9.17, 15) is 35.9 Å². The summed E-state index contributed by atoms with van der Waals surface area (Å²) in [5.74, 6) is -3.02. The largest absolute Gasteiger partial charge is 0.573 e. The number of halogens is 8. The lowest BCUT2D eigenvalue weighted by atomic mass is 10.0. The maximum atomic E-state index is 12.3. The Kier molecular flexibility index (Phi) is 11.9. The minimum absolute atomic E-state index is 0.0525. The topological polar surface area (TPSA) is 126 Å². The van der Waals surface area contributed by atoms with E-state index >= 15 is 0 Å². The van der Waals surface area contributed by atoms with Crippen LogP contribution in [0.2, 0.25) is 0 Å². The van der Waals surface area contributed by atoms with Crippen LogP contribution in [0.1, 0.15) is 45.7 Å². The van der Waals surface area contributed by atoms with Crippen LogP contribution in [-0.2, 0) is 17.6 Å². The third-order valence-electron chi connectivity index (χ3n) is 4.39. The Morgan fingerprint density at radius 2 is 1.21 bits per heavy atom. The monoisotopic (exact) mass is 679 g/mol. The summed E-state index contributed by atoms with van der Waals surface area (Å²) in [5, 5.41) is 0. The Morgan fingerprint density at radius 3 is 1.55 bits per heavy atom. The summed E-state index contributed by atoms with van der Waals surface area (Å²) in [6, 6.07) is 4.73. The number of rotatable bonds is 6. The quantitative estimate of drug-likeness (QED) is 0.165. The summed E-state index contributed by atoms with van der Waals surface area (Å²) >= 11 is 5.92. The van der Waals surface area contributed by atoms with Gasteiger partial charge >= 0.3 is 18.7 Å². The molecule has 0 heterocycles. The van der Waals surface area contributed by atoms with Gasteiger partial charge in [0.05, 0.1) is 21.6 Å². The van der Waals surface area contributed by atoms with E-state index in [1.54, 1.807) is 13.8 Å². The molecule has 0 atom stereocenters. The predicted octanol–water partition coefficient (Wildman–Crippen LogP) is 6.02. The van der Waals surface area contributed by atoms with Gasteiger partial charge in [-0.1, -0.05) is 13.8 Å². The van der Waals surface area contributed by atoms with Crippen LogP contribution in [0.25, 0.3) is 0 Å². The fraction of sp³-hybridized carbons (Fsp3) is 0.318. The minimum Gasteiger partial charge on any atom is -0.465 e. The molecular formula is C22H21Br2F6N3O5. The highest BCUT2D eigenvalue weighted by Crippen LogP contribution is 2.34. The molecule has 38 heavy (non-hydrogen) atoms. The number of guanidine groups is 1. The van der Waals surface area contributed by atoms with Gasteiger partial charge in [0.2, 0.25) is 0 Å². The minimum atomic E-state index is -4.87. The Balaban J connectivity index is 0.000000382. The second kappa shape index (κ2) is 13.7. The molecule has 8 nitrogen and oxygen atoms in total. The van der Waals surface area contributed by atoms with E-state index in [1.807, 2.05) is 0 Å². The molecule has 0 aliphatic rings. The Labute approximate surface area is 229 Å². The molecular weight excluding hydrogens is 660 g/mol. The number of amides is 1. The third kappa shape index (κ3) is 10.4. The number of aliphatic imine (C=N–C) groups is 1. The summed E-state index contributed by atoms with van der Waals surface area (Å²) in [4.78, 5) is 26.5. The number of ether oxygens (including phenoxy) is 3. The Bertz CT molecular complexity index is 1200. The van der Waals surface area contributed by atoms with Gasteiger partial charge in [0.15, 0.2) is 5.96 Å². The lowest BCUT2D eigenvalue weighted by Gasteiger charge is -2.14. The molecule has 2 aromatic carbocycles. The molecule has 0 bridgehead atoms. The van der Waals surface area contributed by atoms with Crippen molar-refractivity contribution in [1.82, 2.24) is 0 Å². The zero-order valence-corrected chi connectivity index (χ0v) is 23.1. The lowest BCUT2D eigenvalue weighted by Crippen LogP contribution is -2.24. The van der Waals surface area contributed by atoms with E-state index < -0.39 is 42.1 Å². The van der Waals surface area contributed by atoms with Crippen molar-refractivity contribution in [1.29, 1.82) is 0 Å². The van der Waals surface area contributed by atoms with Crippen LogP contribution in [0.5, 0.6) is 11.5 Å². The number of carbonyl (C=O) groups excluding carboxylic acids is 2. The number of esters is 1. The smallest absolute Gasteiger partial charge is 0.465 e. The molecule has 0 radical (unpaired) electrons. The number of methoxy groups -OCH3 is 1. The van der Waals surface area contributed by atoms with E-state index in [-0.39, 0.29) is 20.1 Å². The number of nitrogens with zero attached hydrogens (tertiary/aromatic N) is 1. The predicted molar refractivity (Wildman–Crippen MR) is 132 cm³/mol. The number of aryl methyl sites for hydroxylation is 2. The van der Waals surface area contributed by atoms with Crippen molar-refractivity contribution >= 4 is 49.7 Å². The van der Waals surface area contributed by atoms with E-state index in [0.29, 0.717) is 24.0 Å². The van der Waals surface area contributed by atoms with Crippen LogP contribution in [0.4, 0.5) is 26.3 Å². The van der Waals surface area contributed by atoms with E-state index in [0.717, 1.165) is 19.2 Å². The SMILES string of the molecule is CCc1cc(Br)c(OC(F)(F)F)cc1C(=O)N=C(N)N.CCc1cc(Br)c(OC(F)(F)F)cc1C(=O)OC. The summed E-state index contributed by atoms with van der Waals surface area (Å²) in [5.41, 5.74) is 11.2. The van der Waals surface area contributed by atoms with Crippen molar-refractivity contribution in [3.8, 4) is 11.5 Å². The van der Waals surface area contributed by atoms with Crippen molar-refractivity contribution in [2.45, 2.75) is 39.4 Å². The van der Waals surface area contributed by atoms with Crippen LogP contribution in [0.3, 0.4) is 0 Å². The first kappa shape index (κ1) is 33.0. The molecule has 0 saturated carbocycles. The van der Waals surface area contributed by atoms with Crippen molar-refractivity contribution in [2.24, 2.45) is 16.5 Å². The van der Waals surface area contributed by atoms with Gasteiger partial charge in [-0.3, -0.25) is 4.79 Å². The second-order valence-electron chi connectivity index (χ2n) is 7.02. The molecule has 0 fully saturated rings. The number of alkyl halides is 6. The first-order valence-corrected chi connectivity index (χ1v) is 11.9. The molecule has 0 saturated heterocycles. The average Bonchev–Trinajstić information content (AvgIpc) is 2.78. The van der Waals surface area contributed by atoms with Crippen molar-refractivity contribution < 1.29 is 50.1 Å². The number of hydrogen-bond acceptors (Lipinski definition) is 5. The molecule has 4 N–H and O–H groups in total. The highest BCUT2D eigenvalue weighted by atomic mass is 79.9. The summed E-state index contributed by atoms with van der Waals surface area (Å²) in [6.45, 7) is 3.51.